The topological polar surface area (TPSA) is 0 Å². The van der Waals surface area contributed by atoms with Crippen molar-refractivity contribution in [2.24, 2.45) is 0 Å². The van der Waals surface area contributed by atoms with Crippen LogP contribution in [0.15, 0.2) is 28.7 Å². The fraction of sp³-hybridized carbons (Fsp3) is 0.273. The molecule has 0 unspecified atom stereocenters. The van der Waals surface area contributed by atoms with Crippen LogP contribution >= 0.6 is 15.9 Å². The minimum Gasteiger partial charge on any atom is -0.0841 e. The van der Waals surface area contributed by atoms with Gasteiger partial charge in [0.1, 0.15) is 0 Å². The van der Waals surface area contributed by atoms with Gasteiger partial charge in [0.05, 0.1) is 0 Å². The summed E-state index contributed by atoms with van der Waals surface area (Å²) in [4.78, 5) is 0. The van der Waals surface area contributed by atoms with E-state index in [2.05, 4.69) is 15.9 Å². The lowest BCUT2D eigenvalue weighted by Gasteiger charge is -2.03. The van der Waals surface area contributed by atoms with Gasteiger partial charge in [0, 0.05) is 8.58 Å². The third kappa shape index (κ3) is 1.98. The molecule has 1 heteroatoms. The van der Waals surface area contributed by atoms with Gasteiger partial charge in [0.15, 0.2) is 0 Å². The molecule has 64 valence electrons. The maximum absolute atomic E-state index is 7.33. The second-order valence-corrected chi connectivity index (χ2v) is 3.52. The predicted molar refractivity (Wildman–Crippen MR) is 58.2 cm³/mol. The molecule has 0 bridgehead atoms. The van der Waals surface area contributed by atoms with Gasteiger partial charge in [-0.15, -0.1) is 0 Å². The van der Waals surface area contributed by atoms with Gasteiger partial charge >= 0.3 is 0 Å². The Morgan fingerprint density at radius 1 is 1.58 bits per heavy atom. The zero-order valence-electron chi connectivity index (χ0n) is 10.2. The Hall–Kier alpha value is -0.560. The quantitative estimate of drug-likeness (QED) is 0.676. The highest BCUT2D eigenvalue weighted by atomic mass is 79.9. The molecule has 1 aromatic carbocycles. The highest BCUT2D eigenvalue weighted by Gasteiger charge is 1.97. The monoisotopic (exact) mass is 227 g/mol. The Labute approximate surface area is 86.6 Å². The van der Waals surface area contributed by atoms with Crippen molar-refractivity contribution in [2.45, 2.75) is 20.7 Å². The number of hydrogen-bond donors (Lipinski definition) is 0. The van der Waals surface area contributed by atoms with Crippen molar-refractivity contribution < 1.29 is 4.11 Å². The summed E-state index contributed by atoms with van der Waals surface area (Å²) in [5.41, 5.74) is 2.53. The van der Waals surface area contributed by atoms with E-state index in [0.717, 1.165) is 11.1 Å². The third-order valence-corrected chi connectivity index (χ3v) is 2.51. The summed E-state index contributed by atoms with van der Waals surface area (Å²) in [6, 6.07) is 5.33. The molecule has 0 amide bonds. The smallest absolute Gasteiger partial charge is 0.0280 e. The van der Waals surface area contributed by atoms with Crippen molar-refractivity contribution in [2.75, 3.05) is 0 Å². The molecular formula is C11H13Br. The largest absolute Gasteiger partial charge is 0.0841 e. The van der Waals surface area contributed by atoms with Gasteiger partial charge in [-0.05, 0) is 43.5 Å². The normalized spacial score (nSPS) is 16.6. The summed E-state index contributed by atoms with van der Waals surface area (Å²) in [5.74, 6) is 0. The van der Waals surface area contributed by atoms with Crippen molar-refractivity contribution in [3.63, 3.8) is 0 Å². The van der Waals surface area contributed by atoms with Crippen LogP contribution in [0.2, 0.25) is 0 Å². The van der Waals surface area contributed by atoms with E-state index in [-0.39, 0.29) is 0 Å². The Bertz CT molecular complexity index is 391. The molecule has 0 nitrogen and oxygen atoms in total. The van der Waals surface area contributed by atoms with Crippen molar-refractivity contribution in [3.05, 3.63) is 39.9 Å². The SMILES string of the molecule is [2H]C([2H])([2H])c1ccc(C(C)=CC)cc1Br. The van der Waals surface area contributed by atoms with E-state index in [9.17, 15) is 0 Å². The number of allylic oxidation sites excluding steroid dienone is 2. The van der Waals surface area contributed by atoms with Crippen molar-refractivity contribution in [1.29, 1.82) is 0 Å². The maximum atomic E-state index is 7.33. The van der Waals surface area contributed by atoms with Crippen molar-refractivity contribution in [1.82, 2.24) is 0 Å². The summed E-state index contributed by atoms with van der Waals surface area (Å²) < 4.78 is 22.6. The number of hydrogen-bond acceptors (Lipinski definition) is 0. The van der Waals surface area contributed by atoms with Gasteiger partial charge in [-0.25, -0.2) is 0 Å². The van der Waals surface area contributed by atoms with Crippen LogP contribution in [0.3, 0.4) is 0 Å². The van der Waals surface area contributed by atoms with Crippen molar-refractivity contribution in [3.8, 4) is 0 Å². The highest BCUT2D eigenvalue weighted by Crippen LogP contribution is 2.21. The molecule has 1 rings (SSSR count). The van der Waals surface area contributed by atoms with Gasteiger partial charge in [0.25, 0.3) is 0 Å². The number of rotatable bonds is 1. The van der Waals surface area contributed by atoms with Gasteiger partial charge in [-0.3, -0.25) is 0 Å². The first-order chi connectivity index (χ1) is 6.86. The van der Waals surface area contributed by atoms with E-state index in [1.54, 1.807) is 6.07 Å². The van der Waals surface area contributed by atoms with Gasteiger partial charge in [-0.2, -0.15) is 0 Å². The average molecular weight is 228 g/mol. The van der Waals surface area contributed by atoms with Crippen LogP contribution in [-0.4, -0.2) is 0 Å². The first-order valence-corrected chi connectivity index (χ1v) is 4.59. The number of aryl methyl sites for hydroxylation is 1. The summed E-state index contributed by atoms with van der Waals surface area (Å²) in [7, 11) is 0. The third-order valence-electron chi connectivity index (χ3n) is 1.86. The highest BCUT2D eigenvalue weighted by molar-refractivity contribution is 9.10. The molecule has 0 N–H and O–H groups in total. The zero-order valence-corrected chi connectivity index (χ0v) is 8.77. The molecule has 0 aliphatic rings. The van der Waals surface area contributed by atoms with Crippen LogP contribution in [0.1, 0.15) is 29.1 Å². The first kappa shape index (κ1) is 5.98. The summed E-state index contributed by atoms with van der Waals surface area (Å²) in [6.07, 6.45) is 2.00. The summed E-state index contributed by atoms with van der Waals surface area (Å²) >= 11 is 3.29. The number of benzene rings is 1. The Kier molecular flexibility index (Phi) is 1.94. The Morgan fingerprint density at radius 2 is 2.33 bits per heavy atom. The maximum Gasteiger partial charge on any atom is 0.0280 e. The second kappa shape index (κ2) is 3.90. The lowest BCUT2D eigenvalue weighted by Crippen LogP contribution is -1.81. The van der Waals surface area contributed by atoms with Crippen LogP contribution in [0.4, 0.5) is 0 Å². The van der Waals surface area contributed by atoms with Crippen LogP contribution in [-0.2, 0) is 0 Å². The lowest BCUT2D eigenvalue weighted by atomic mass is 10.1. The minimum atomic E-state index is -2.05. The first-order valence-electron chi connectivity index (χ1n) is 5.29. The second-order valence-electron chi connectivity index (χ2n) is 2.67. The molecule has 0 heterocycles. The van der Waals surface area contributed by atoms with Gasteiger partial charge in [-0.1, -0.05) is 34.1 Å². The van der Waals surface area contributed by atoms with E-state index in [1.165, 1.54) is 0 Å². The van der Waals surface area contributed by atoms with E-state index >= 15 is 0 Å². The molecule has 0 aliphatic heterocycles. The molecular weight excluding hydrogens is 212 g/mol. The van der Waals surface area contributed by atoms with E-state index in [0.29, 0.717) is 10.0 Å². The molecule has 0 spiro atoms. The molecule has 12 heavy (non-hydrogen) atoms. The molecule has 0 radical (unpaired) electrons. The summed E-state index contributed by atoms with van der Waals surface area (Å²) in [6.45, 7) is 1.90. The molecule has 0 saturated carbocycles. The molecule has 0 fully saturated rings. The average Bonchev–Trinajstić information content (AvgIpc) is 2.14. The Balaban J connectivity index is 3.21. The van der Waals surface area contributed by atoms with Gasteiger partial charge < -0.3 is 0 Å². The van der Waals surface area contributed by atoms with E-state index in [1.807, 2.05) is 32.1 Å². The Morgan fingerprint density at radius 3 is 2.83 bits per heavy atom. The zero-order chi connectivity index (χ0) is 11.6. The van der Waals surface area contributed by atoms with E-state index < -0.39 is 6.85 Å². The predicted octanol–water partition coefficient (Wildman–Crippen LogP) is 4.18. The minimum absolute atomic E-state index is 0.357. The van der Waals surface area contributed by atoms with E-state index in [4.69, 9.17) is 4.11 Å². The fourth-order valence-corrected chi connectivity index (χ4v) is 1.31. The molecule has 0 atom stereocenters. The number of halogens is 1. The lowest BCUT2D eigenvalue weighted by molar-refractivity contribution is 1.40. The van der Waals surface area contributed by atoms with Crippen LogP contribution in [0.5, 0.6) is 0 Å². The molecule has 0 aromatic heterocycles. The fourth-order valence-electron chi connectivity index (χ4n) is 0.927. The van der Waals surface area contributed by atoms with Crippen molar-refractivity contribution >= 4 is 21.5 Å². The summed E-state index contributed by atoms with van der Waals surface area (Å²) in [5, 5.41) is 0. The van der Waals surface area contributed by atoms with Gasteiger partial charge in [0.2, 0.25) is 0 Å². The van der Waals surface area contributed by atoms with Crippen LogP contribution in [0, 0.1) is 6.85 Å². The standard InChI is InChI=1S/C11H13Br/c1-4-8(2)10-6-5-9(3)11(12)7-10/h4-7H,1-3H3/i3D3. The molecule has 0 saturated heterocycles. The van der Waals surface area contributed by atoms with Crippen LogP contribution in [0.25, 0.3) is 5.57 Å². The molecule has 0 aliphatic carbocycles. The molecule has 1 aromatic rings. The van der Waals surface area contributed by atoms with Crippen LogP contribution < -0.4 is 0 Å².